The van der Waals surface area contributed by atoms with Crippen molar-refractivity contribution in [3.05, 3.63) is 102 Å². The number of para-hydroxylation sites is 1. The van der Waals surface area contributed by atoms with Crippen LogP contribution in [0.1, 0.15) is 18.1 Å². The number of amides is 1. The van der Waals surface area contributed by atoms with E-state index in [4.69, 9.17) is 0 Å². The van der Waals surface area contributed by atoms with Crippen molar-refractivity contribution in [3.63, 3.8) is 0 Å². The van der Waals surface area contributed by atoms with Gasteiger partial charge in [0.2, 0.25) is 11.9 Å². The maximum absolute atomic E-state index is 13.7. The van der Waals surface area contributed by atoms with Crippen molar-refractivity contribution in [2.24, 2.45) is 0 Å². The Morgan fingerprint density at radius 2 is 1.44 bits per heavy atom. The number of aryl methyl sites for hydroxylation is 2. The van der Waals surface area contributed by atoms with Gasteiger partial charge in [-0.2, -0.15) is 0 Å². The van der Waals surface area contributed by atoms with E-state index in [0.29, 0.717) is 17.8 Å². The van der Waals surface area contributed by atoms with E-state index in [1.54, 1.807) is 30.3 Å². The van der Waals surface area contributed by atoms with Crippen LogP contribution in [-0.2, 0) is 31.3 Å². The molecular weight excluding hydrogens is 538 g/mol. The summed E-state index contributed by atoms with van der Waals surface area (Å²) >= 11 is 0. The second-order valence-electron chi connectivity index (χ2n) is 8.56. The fraction of sp³-hybridized carbons (Fsp3) is 0.148. The van der Waals surface area contributed by atoms with E-state index in [9.17, 15) is 21.6 Å². The summed E-state index contributed by atoms with van der Waals surface area (Å²) in [5, 5.41) is 2.66. The highest BCUT2D eigenvalue weighted by molar-refractivity contribution is 7.93. The lowest BCUT2D eigenvalue weighted by molar-refractivity contribution is -0.114. The van der Waals surface area contributed by atoms with Gasteiger partial charge in [-0.1, -0.05) is 42.8 Å². The summed E-state index contributed by atoms with van der Waals surface area (Å²) in [6.45, 7) is 3.28. The fourth-order valence-electron chi connectivity index (χ4n) is 3.77. The van der Waals surface area contributed by atoms with Gasteiger partial charge in [0.25, 0.3) is 20.0 Å². The Hall–Kier alpha value is -4.29. The van der Waals surface area contributed by atoms with Crippen LogP contribution < -0.4 is 14.3 Å². The molecule has 0 aliphatic rings. The Labute approximate surface area is 227 Å². The molecule has 2 N–H and O–H groups in total. The summed E-state index contributed by atoms with van der Waals surface area (Å²) in [7, 11) is -8.02. The molecule has 0 saturated carbocycles. The first-order valence-electron chi connectivity index (χ1n) is 12.0. The number of benzene rings is 3. The van der Waals surface area contributed by atoms with Crippen LogP contribution in [0.25, 0.3) is 0 Å². The minimum absolute atomic E-state index is 0.0617. The minimum Gasteiger partial charge on any atom is -0.325 e. The Bertz CT molecular complexity index is 1660. The SMILES string of the molecule is CCc1ccccc1N(CC(=O)Nc1ccc(S(=O)(=O)Nc2ncccn2)cc1)S(=O)(=O)c1ccc(C)cc1. The second-order valence-corrected chi connectivity index (χ2v) is 12.1. The molecule has 1 amide bonds. The van der Waals surface area contributed by atoms with Crippen molar-refractivity contribution in [2.45, 2.75) is 30.1 Å². The van der Waals surface area contributed by atoms with Gasteiger partial charge in [-0.15, -0.1) is 0 Å². The van der Waals surface area contributed by atoms with Gasteiger partial charge >= 0.3 is 0 Å². The van der Waals surface area contributed by atoms with E-state index < -0.39 is 32.5 Å². The summed E-state index contributed by atoms with van der Waals surface area (Å²) in [6.07, 6.45) is 3.38. The molecule has 0 spiro atoms. The molecule has 0 bridgehead atoms. The number of hydrogen-bond donors (Lipinski definition) is 2. The van der Waals surface area contributed by atoms with Gasteiger partial charge in [-0.05, 0) is 67.4 Å². The van der Waals surface area contributed by atoms with Crippen molar-refractivity contribution in [1.29, 1.82) is 0 Å². The lowest BCUT2D eigenvalue weighted by Crippen LogP contribution is -2.38. The quantitative estimate of drug-likeness (QED) is 0.297. The molecule has 0 aliphatic heterocycles. The number of aromatic nitrogens is 2. The molecule has 0 unspecified atom stereocenters. The lowest BCUT2D eigenvalue weighted by atomic mass is 10.1. The molecule has 39 heavy (non-hydrogen) atoms. The molecule has 3 aromatic carbocycles. The van der Waals surface area contributed by atoms with E-state index >= 15 is 0 Å². The Morgan fingerprint density at radius 1 is 0.821 bits per heavy atom. The number of carbonyl (C=O) groups is 1. The van der Waals surface area contributed by atoms with E-state index in [1.165, 1.54) is 48.8 Å². The predicted octanol–water partition coefficient (Wildman–Crippen LogP) is 3.98. The van der Waals surface area contributed by atoms with Crippen molar-refractivity contribution >= 4 is 43.3 Å². The second kappa shape index (κ2) is 11.6. The zero-order valence-corrected chi connectivity index (χ0v) is 22.9. The van der Waals surface area contributed by atoms with Crippen molar-refractivity contribution in [1.82, 2.24) is 9.97 Å². The topological polar surface area (TPSA) is 138 Å². The Morgan fingerprint density at radius 3 is 2.08 bits per heavy atom. The van der Waals surface area contributed by atoms with E-state index in [-0.39, 0.29) is 15.7 Å². The number of nitrogens with one attached hydrogen (secondary N) is 2. The predicted molar refractivity (Wildman–Crippen MR) is 149 cm³/mol. The van der Waals surface area contributed by atoms with Crippen molar-refractivity contribution in [3.8, 4) is 0 Å². The standard InChI is InChI=1S/C27H27N5O5S2/c1-3-21-7-4-5-8-25(21)32(39(36,37)24-13-9-20(2)10-14-24)19-26(33)30-22-11-15-23(16-12-22)38(34,35)31-27-28-17-6-18-29-27/h4-18H,3,19H2,1-2H3,(H,30,33)(H,28,29,31). The number of nitrogens with zero attached hydrogens (tertiary/aromatic N) is 3. The molecule has 0 aliphatic carbocycles. The van der Waals surface area contributed by atoms with Gasteiger partial charge in [0.05, 0.1) is 15.5 Å². The highest BCUT2D eigenvalue weighted by atomic mass is 32.2. The maximum atomic E-state index is 13.7. The van der Waals surface area contributed by atoms with E-state index in [0.717, 1.165) is 15.4 Å². The van der Waals surface area contributed by atoms with E-state index in [2.05, 4.69) is 20.0 Å². The van der Waals surface area contributed by atoms with Gasteiger partial charge in [-0.25, -0.2) is 31.5 Å². The zero-order valence-electron chi connectivity index (χ0n) is 21.3. The number of rotatable bonds is 10. The average molecular weight is 566 g/mol. The van der Waals surface area contributed by atoms with Crippen LogP contribution in [-0.4, -0.2) is 39.3 Å². The van der Waals surface area contributed by atoms with Crippen LogP contribution in [0.2, 0.25) is 0 Å². The number of carbonyl (C=O) groups excluding carboxylic acids is 1. The largest absolute Gasteiger partial charge is 0.325 e. The van der Waals surface area contributed by atoms with Crippen LogP contribution >= 0.6 is 0 Å². The van der Waals surface area contributed by atoms with E-state index in [1.807, 2.05) is 26.0 Å². The lowest BCUT2D eigenvalue weighted by Gasteiger charge is -2.26. The first-order valence-corrected chi connectivity index (χ1v) is 14.9. The normalized spacial score (nSPS) is 11.5. The van der Waals surface area contributed by atoms with Crippen LogP contribution in [0, 0.1) is 6.92 Å². The van der Waals surface area contributed by atoms with Crippen LogP contribution in [0.5, 0.6) is 0 Å². The number of hydrogen-bond acceptors (Lipinski definition) is 7. The highest BCUT2D eigenvalue weighted by Crippen LogP contribution is 2.28. The number of anilines is 3. The molecule has 12 heteroatoms. The fourth-order valence-corrected chi connectivity index (χ4v) is 6.19. The molecule has 4 aromatic rings. The van der Waals surface area contributed by atoms with Crippen LogP contribution in [0.15, 0.2) is 101 Å². The van der Waals surface area contributed by atoms with Gasteiger partial charge < -0.3 is 5.32 Å². The summed E-state index contributed by atoms with van der Waals surface area (Å²) < 4.78 is 55.9. The molecule has 0 radical (unpaired) electrons. The summed E-state index contributed by atoms with van der Waals surface area (Å²) in [6, 6.07) is 20.5. The molecule has 1 heterocycles. The molecule has 4 rings (SSSR count). The molecule has 202 valence electrons. The number of sulfonamides is 2. The van der Waals surface area contributed by atoms with Gasteiger partial charge in [0.15, 0.2) is 0 Å². The highest BCUT2D eigenvalue weighted by Gasteiger charge is 2.28. The smallest absolute Gasteiger partial charge is 0.264 e. The van der Waals surface area contributed by atoms with Crippen LogP contribution in [0.3, 0.4) is 0 Å². The monoisotopic (exact) mass is 565 g/mol. The molecular formula is C27H27N5O5S2. The van der Waals surface area contributed by atoms with Crippen molar-refractivity contribution < 1.29 is 21.6 Å². The molecule has 0 saturated heterocycles. The summed E-state index contributed by atoms with van der Waals surface area (Å²) in [4.78, 5) is 20.8. The summed E-state index contributed by atoms with van der Waals surface area (Å²) in [5.41, 5.74) is 2.38. The van der Waals surface area contributed by atoms with Gasteiger partial charge in [0.1, 0.15) is 6.54 Å². The van der Waals surface area contributed by atoms with Gasteiger partial charge in [-0.3, -0.25) is 9.10 Å². The Balaban J connectivity index is 1.56. The first kappa shape index (κ1) is 27.7. The third-order valence-corrected chi connectivity index (χ3v) is 8.90. The van der Waals surface area contributed by atoms with Crippen LogP contribution in [0.4, 0.5) is 17.3 Å². The average Bonchev–Trinajstić information content (AvgIpc) is 2.92. The zero-order chi connectivity index (χ0) is 28.0. The third-order valence-electron chi connectivity index (χ3n) is 5.78. The maximum Gasteiger partial charge on any atom is 0.264 e. The summed E-state index contributed by atoms with van der Waals surface area (Å²) in [5.74, 6) is -0.667. The molecule has 1 aromatic heterocycles. The van der Waals surface area contributed by atoms with Crippen molar-refractivity contribution in [2.75, 3.05) is 20.9 Å². The van der Waals surface area contributed by atoms with Gasteiger partial charge in [0, 0.05) is 18.1 Å². The third kappa shape index (κ3) is 6.59. The first-order chi connectivity index (χ1) is 18.6. The molecule has 0 atom stereocenters. The Kier molecular flexibility index (Phi) is 8.27. The molecule has 10 nitrogen and oxygen atoms in total. The minimum atomic E-state index is -4.07. The molecule has 0 fully saturated rings.